The molecule has 0 aromatic heterocycles. The zero-order valence-electron chi connectivity index (χ0n) is 34.3. The van der Waals surface area contributed by atoms with Gasteiger partial charge in [-0.2, -0.15) is 8.42 Å². The van der Waals surface area contributed by atoms with Gasteiger partial charge in [0.25, 0.3) is 10.1 Å². The predicted octanol–water partition coefficient (Wildman–Crippen LogP) is 8.28. The van der Waals surface area contributed by atoms with Gasteiger partial charge < -0.3 is 34.3 Å². The number of carbonyl (C=O) groups is 2. The van der Waals surface area contributed by atoms with E-state index in [4.69, 9.17) is 18.9 Å². The maximum atomic E-state index is 12.7. The maximum Gasteiger partial charge on any atom is 0.306 e. The van der Waals surface area contributed by atoms with Gasteiger partial charge in [0.15, 0.2) is 12.4 Å². The van der Waals surface area contributed by atoms with Gasteiger partial charge in [0.2, 0.25) is 0 Å². The minimum atomic E-state index is -4.59. The molecule has 0 bridgehead atoms. The highest BCUT2D eigenvalue weighted by molar-refractivity contribution is 7.85. The zero-order valence-corrected chi connectivity index (χ0v) is 35.1. The van der Waals surface area contributed by atoms with E-state index in [-0.39, 0.29) is 19.4 Å². The van der Waals surface area contributed by atoms with E-state index < -0.39 is 71.2 Å². The van der Waals surface area contributed by atoms with Gasteiger partial charge in [0.1, 0.15) is 36.8 Å². The van der Waals surface area contributed by atoms with Gasteiger partial charge in [0.05, 0.1) is 6.61 Å². The van der Waals surface area contributed by atoms with Crippen LogP contribution in [0, 0.1) is 0 Å². The average Bonchev–Trinajstić information content (AvgIpc) is 3.14. The SMILES string of the molecule is CCCCCC/C=C/CCCCCCCCCCCC(=O)OC[C@H](CO[C@H]1O[C@H](CS(=O)(=O)O)[C@@H](O)C(O)C1O)OC(=O)CCCCCCCCCCCC. The molecule has 2 unspecified atom stereocenters. The molecule has 12 nitrogen and oxygen atoms in total. The molecule has 0 aliphatic carbocycles. The Labute approximate surface area is 333 Å². The Bertz CT molecular complexity index is 1080. The molecule has 1 aliphatic rings. The van der Waals surface area contributed by atoms with Gasteiger partial charge in [-0.25, -0.2) is 0 Å². The summed E-state index contributed by atoms with van der Waals surface area (Å²) >= 11 is 0. The summed E-state index contributed by atoms with van der Waals surface area (Å²) in [5, 5.41) is 30.8. The molecule has 0 aromatic rings. The Morgan fingerprint density at radius 3 is 1.53 bits per heavy atom. The molecule has 1 fully saturated rings. The highest BCUT2D eigenvalue weighted by atomic mass is 32.2. The number of hydrogen-bond donors (Lipinski definition) is 4. The number of unbranched alkanes of at least 4 members (excludes halogenated alkanes) is 22. The quantitative estimate of drug-likeness (QED) is 0.0206. The van der Waals surface area contributed by atoms with E-state index in [0.29, 0.717) is 12.8 Å². The Kier molecular flexibility index (Phi) is 31.2. The van der Waals surface area contributed by atoms with Crippen molar-refractivity contribution in [2.24, 2.45) is 0 Å². The lowest BCUT2D eigenvalue weighted by Gasteiger charge is -2.40. The molecule has 0 saturated carbocycles. The second kappa shape index (κ2) is 33.4. The first kappa shape index (κ1) is 51.4. The van der Waals surface area contributed by atoms with E-state index in [1.165, 1.54) is 109 Å². The van der Waals surface area contributed by atoms with Gasteiger partial charge >= 0.3 is 11.9 Å². The molecular weight excluding hydrogens is 729 g/mol. The molecule has 55 heavy (non-hydrogen) atoms. The summed E-state index contributed by atoms with van der Waals surface area (Å²) in [6.45, 7) is 3.73. The molecule has 1 aliphatic heterocycles. The molecule has 13 heteroatoms. The Morgan fingerprint density at radius 2 is 1.04 bits per heavy atom. The molecule has 4 N–H and O–H groups in total. The molecule has 1 rings (SSSR count). The van der Waals surface area contributed by atoms with Crippen LogP contribution in [0.25, 0.3) is 0 Å². The van der Waals surface area contributed by atoms with Crippen molar-refractivity contribution in [1.82, 2.24) is 0 Å². The summed E-state index contributed by atoms with van der Waals surface area (Å²) in [6, 6.07) is 0. The Hall–Kier alpha value is -1.61. The second-order valence-electron chi connectivity index (χ2n) is 15.4. The summed E-state index contributed by atoms with van der Waals surface area (Å²) in [5.74, 6) is -1.98. The van der Waals surface area contributed by atoms with Gasteiger partial charge in [-0.15, -0.1) is 0 Å². The van der Waals surface area contributed by atoms with E-state index in [9.17, 15) is 37.9 Å². The standard InChI is InChI=1S/C42H78O12S/c1-3-5-7-9-11-13-15-16-17-18-19-20-21-23-24-26-28-30-37(43)51-32-35(53-38(44)31-29-27-25-22-14-12-10-8-6-4-2)33-52-42-41(47)40(46)39(45)36(54-42)34-55(48,49)50/h13,15,35-36,39-42,45-47H,3-12,14,16-34H2,1-2H3,(H,48,49,50)/b15-13+/t35-,36-,39-,40?,41?,42+/m1/s1. The molecular formula is C42H78O12S. The number of aliphatic hydroxyl groups is 3. The van der Waals surface area contributed by atoms with Crippen molar-refractivity contribution in [3.8, 4) is 0 Å². The normalized spacial score (nSPS) is 20.9. The van der Waals surface area contributed by atoms with Crippen LogP contribution in [-0.2, 0) is 38.7 Å². The third-order valence-electron chi connectivity index (χ3n) is 10.1. The van der Waals surface area contributed by atoms with Crippen LogP contribution < -0.4 is 0 Å². The van der Waals surface area contributed by atoms with E-state index >= 15 is 0 Å². The first-order chi connectivity index (χ1) is 26.5. The number of hydrogen-bond acceptors (Lipinski definition) is 11. The third kappa shape index (κ3) is 28.4. The van der Waals surface area contributed by atoms with Crippen LogP contribution in [0.3, 0.4) is 0 Å². The zero-order chi connectivity index (χ0) is 40.6. The smallest absolute Gasteiger partial charge is 0.306 e. The molecule has 0 amide bonds. The largest absolute Gasteiger partial charge is 0.462 e. The summed E-state index contributed by atoms with van der Waals surface area (Å²) in [6.07, 6.45) is 24.1. The van der Waals surface area contributed by atoms with E-state index in [1.54, 1.807) is 0 Å². The van der Waals surface area contributed by atoms with E-state index in [1.807, 2.05) is 0 Å². The number of carbonyl (C=O) groups excluding carboxylic acids is 2. The van der Waals surface area contributed by atoms with Crippen LogP contribution in [0.1, 0.15) is 187 Å². The highest BCUT2D eigenvalue weighted by Gasteiger charge is 2.46. The summed E-state index contributed by atoms with van der Waals surface area (Å²) in [5.41, 5.74) is 0. The predicted molar refractivity (Wildman–Crippen MR) is 215 cm³/mol. The van der Waals surface area contributed by atoms with E-state index in [0.717, 1.165) is 38.5 Å². The molecule has 0 spiro atoms. The lowest BCUT2D eigenvalue weighted by atomic mass is 10.00. The van der Waals surface area contributed by atoms with Crippen LogP contribution in [0.5, 0.6) is 0 Å². The van der Waals surface area contributed by atoms with Gasteiger partial charge in [-0.05, 0) is 38.5 Å². The molecule has 1 saturated heterocycles. The van der Waals surface area contributed by atoms with Crippen LogP contribution in [-0.4, -0.2) is 96.0 Å². The summed E-state index contributed by atoms with van der Waals surface area (Å²) in [4.78, 5) is 25.3. The van der Waals surface area contributed by atoms with Crippen molar-refractivity contribution < 1.29 is 56.8 Å². The number of ether oxygens (including phenoxy) is 4. The molecule has 324 valence electrons. The van der Waals surface area contributed by atoms with Crippen molar-refractivity contribution in [3.05, 3.63) is 12.2 Å². The van der Waals surface area contributed by atoms with Crippen LogP contribution in [0.2, 0.25) is 0 Å². The fourth-order valence-electron chi connectivity index (χ4n) is 6.67. The summed E-state index contributed by atoms with van der Waals surface area (Å²) in [7, 11) is -4.59. The minimum Gasteiger partial charge on any atom is -0.462 e. The first-order valence-corrected chi connectivity index (χ1v) is 23.4. The number of rotatable bonds is 36. The highest BCUT2D eigenvalue weighted by Crippen LogP contribution is 2.24. The molecule has 6 atom stereocenters. The average molecular weight is 807 g/mol. The summed E-state index contributed by atoms with van der Waals surface area (Å²) < 4.78 is 53.9. The maximum absolute atomic E-state index is 12.7. The fraction of sp³-hybridized carbons (Fsp3) is 0.905. The molecule has 0 radical (unpaired) electrons. The number of esters is 2. The van der Waals surface area contributed by atoms with Crippen molar-refractivity contribution in [3.63, 3.8) is 0 Å². The van der Waals surface area contributed by atoms with Crippen LogP contribution in [0.15, 0.2) is 12.2 Å². The monoisotopic (exact) mass is 807 g/mol. The topological polar surface area (TPSA) is 186 Å². The van der Waals surface area contributed by atoms with Gasteiger partial charge in [-0.1, -0.05) is 148 Å². The van der Waals surface area contributed by atoms with Crippen molar-refractivity contribution in [1.29, 1.82) is 0 Å². The lowest BCUT2D eigenvalue weighted by Crippen LogP contribution is -2.60. The van der Waals surface area contributed by atoms with E-state index in [2.05, 4.69) is 26.0 Å². The van der Waals surface area contributed by atoms with Crippen molar-refractivity contribution >= 4 is 22.1 Å². The second-order valence-corrected chi connectivity index (χ2v) is 16.9. The Morgan fingerprint density at radius 1 is 0.600 bits per heavy atom. The lowest BCUT2D eigenvalue weighted by molar-refractivity contribution is -0.297. The molecule has 0 aromatic carbocycles. The number of allylic oxidation sites excluding steroid dienone is 2. The first-order valence-electron chi connectivity index (χ1n) is 21.7. The van der Waals surface area contributed by atoms with Gasteiger partial charge in [-0.3, -0.25) is 14.1 Å². The number of aliphatic hydroxyl groups excluding tert-OH is 3. The van der Waals surface area contributed by atoms with Gasteiger partial charge in [0, 0.05) is 12.8 Å². The van der Waals surface area contributed by atoms with Crippen LogP contribution in [0.4, 0.5) is 0 Å². The molecule has 1 heterocycles. The Balaban J connectivity index is 2.43. The van der Waals surface area contributed by atoms with Crippen LogP contribution >= 0.6 is 0 Å². The van der Waals surface area contributed by atoms with Crippen molar-refractivity contribution in [2.75, 3.05) is 19.0 Å². The fourth-order valence-corrected chi connectivity index (χ4v) is 7.36. The third-order valence-corrected chi connectivity index (χ3v) is 10.8. The van der Waals surface area contributed by atoms with Crippen molar-refractivity contribution in [2.45, 2.75) is 224 Å². The minimum absolute atomic E-state index is 0.168.